The lowest BCUT2D eigenvalue weighted by molar-refractivity contribution is -0.384. The fourth-order valence-electron chi connectivity index (χ4n) is 3.06. The largest absolute Gasteiger partial charge is 0.493 e. The highest BCUT2D eigenvalue weighted by Gasteiger charge is 2.41. The minimum Gasteiger partial charge on any atom is -0.493 e. The molecule has 1 saturated heterocycles. The molecule has 2 aromatic rings. The van der Waals surface area contributed by atoms with Crippen LogP contribution in [0.5, 0.6) is 11.5 Å². The number of amides is 2. The highest BCUT2D eigenvalue weighted by molar-refractivity contribution is 8.18. The molecule has 0 spiro atoms. The van der Waals surface area contributed by atoms with Crippen molar-refractivity contribution in [2.24, 2.45) is 0 Å². The minimum absolute atomic E-state index is 0.0334. The van der Waals surface area contributed by atoms with Crippen LogP contribution in [0.4, 0.5) is 10.5 Å². The first-order valence-corrected chi connectivity index (χ1v) is 10.5. The summed E-state index contributed by atoms with van der Waals surface area (Å²) >= 11 is 0.725. The maximum atomic E-state index is 12.6. The van der Waals surface area contributed by atoms with Gasteiger partial charge in [0.2, 0.25) is 0 Å². The molecule has 0 saturated carbocycles. The number of hydrogen-bond donors (Lipinski definition) is 0. The van der Waals surface area contributed by atoms with E-state index in [1.807, 2.05) is 0 Å². The number of esters is 1. The quantitative estimate of drug-likeness (QED) is 0.244. The van der Waals surface area contributed by atoms with E-state index in [0.29, 0.717) is 22.6 Å². The Morgan fingerprint density at radius 1 is 1.18 bits per heavy atom. The summed E-state index contributed by atoms with van der Waals surface area (Å²) in [6.07, 6.45) is 1.52. The van der Waals surface area contributed by atoms with Crippen molar-refractivity contribution in [2.75, 3.05) is 14.2 Å². The van der Waals surface area contributed by atoms with Crippen LogP contribution in [0.2, 0.25) is 0 Å². The van der Waals surface area contributed by atoms with Gasteiger partial charge in [-0.1, -0.05) is 18.2 Å². The lowest BCUT2D eigenvalue weighted by Crippen LogP contribution is -2.42. The summed E-state index contributed by atoms with van der Waals surface area (Å²) in [5, 5.41) is 10.4. The normalized spacial score (nSPS) is 15.5. The summed E-state index contributed by atoms with van der Waals surface area (Å²) in [4.78, 5) is 48.1. The summed E-state index contributed by atoms with van der Waals surface area (Å²) in [5.74, 6) is -0.511. The zero-order chi connectivity index (χ0) is 24.1. The maximum absolute atomic E-state index is 12.6. The molecule has 0 aliphatic carbocycles. The molecule has 0 N–H and O–H groups in total. The Morgan fingerprint density at radius 2 is 1.94 bits per heavy atom. The van der Waals surface area contributed by atoms with Crippen LogP contribution in [-0.4, -0.2) is 47.2 Å². The first-order valence-electron chi connectivity index (χ1n) is 9.64. The van der Waals surface area contributed by atoms with E-state index in [9.17, 15) is 24.5 Å². The number of hydrogen-bond acceptors (Lipinski definition) is 9. The van der Waals surface area contributed by atoms with Crippen molar-refractivity contribution in [1.29, 1.82) is 0 Å². The summed E-state index contributed by atoms with van der Waals surface area (Å²) < 4.78 is 15.7. The number of carbonyl (C=O) groups excluding carboxylic acids is 3. The van der Waals surface area contributed by atoms with E-state index in [1.165, 1.54) is 39.4 Å². The van der Waals surface area contributed by atoms with Crippen molar-refractivity contribution in [3.05, 3.63) is 68.6 Å². The van der Waals surface area contributed by atoms with Crippen LogP contribution < -0.4 is 9.47 Å². The van der Waals surface area contributed by atoms with Gasteiger partial charge in [-0.3, -0.25) is 24.6 Å². The zero-order valence-corrected chi connectivity index (χ0v) is 18.8. The number of rotatable bonds is 8. The Hall–Kier alpha value is -3.86. The van der Waals surface area contributed by atoms with E-state index in [0.717, 1.165) is 16.7 Å². The van der Waals surface area contributed by atoms with Gasteiger partial charge in [-0.15, -0.1) is 0 Å². The standard InChI is InChI=1S/C22H20N2O8S/c1-13(21(26)31-3)23-20(25)19(33-22(23)27)11-14-7-8-17(18(10-14)30-2)32-12-15-5-4-6-16(9-15)24(28)29/h4-11,13H,12H2,1-3H3/b19-11+/t13-/m0/s1. The van der Waals surface area contributed by atoms with Gasteiger partial charge in [0.25, 0.3) is 16.8 Å². The fourth-order valence-corrected chi connectivity index (χ4v) is 3.96. The number of methoxy groups -OCH3 is 2. The van der Waals surface area contributed by atoms with E-state index in [1.54, 1.807) is 30.3 Å². The Kier molecular flexibility index (Phi) is 7.34. The van der Waals surface area contributed by atoms with Gasteiger partial charge in [0.05, 0.1) is 24.0 Å². The number of nitrogens with zero attached hydrogens (tertiary/aromatic N) is 2. The van der Waals surface area contributed by atoms with E-state index in [4.69, 9.17) is 9.47 Å². The number of thioether (sulfide) groups is 1. The zero-order valence-electron chi connectivity index (χ0n) is 18.0. The van der Waals surface area contributed by atoms with Crippen LogP contribution in [0.25, 0.3) is 6.08 Å². The molecular formula is C22H20N2O8S. The van der Waals surface area contributed by atoms with Crippen LogP contribution in [0.15, 0.2) is 47.4 Å². The van der Waals surface area contributed by atoms with Crippen LogP contribution >= 0.6 is 11.8 Å². The van der Waals surface area contributed by atoms with Gasteiger partial charge in [0, 0.05) is 12.1 Å². The molecule has 2 aromatic carbocycles. The second-order valence-corrected chi connectivity index (χ2v) is 7.87. The second kappa shape index (κ2) is 10.2. The number of benzene rings is 2. The smallest absolute Gasteiger partial charge is 0.328 e. The molecule has 0 bridgehead atoms. The third kappa shape index (κ3) is 5.32. The predicted molar refractivity (Wildman–Crippen MR) is 120 cm³/mol. The molecule has 1 atom stereocenters. The molecule has 1 heterocycles. The van der Waals surface area contributed by atoms with Crippen molar-refractivity contribution >= 4 is 40.6 Å². The van der Waals surface area contributed by atoms with E-state index >= 15 is 0 Å². The molecule has 2 amide bonds. The number of nitro groups is 1. The first-order chi connectivity index (χ1) is 15.7. The van der Waals surface area contributed by atoms with Gasteiger partial charge >= 0.3 is 5.97 Å². The Labute approximate surface area is 193 Å². The lowest BCUT2D eigenvalue weighted by atomic mass is 10.1. The highest BCUT2D eigenvalue weighted by Crippen LogP contribution is 2.36. The van der Waals surface area contributed by atoms with Gasteiger partial charge in [-0.05, 0) is 48.0 Å². The topological polar surface area (TPSA) is 125 Å². The molecular weight excluding hydrogens is 452 g/mol. The first kappa shape index (κ1) is 23.8. The molecule has 11 heteroatoms. The monoisotopic (exact) mass is 472 g/mol. The molecule has 0 unspecified atom stereocenters. The number of carbonyl (C=O) groups is 3. The molecule has 10 nitrogen and oxygen atoms in total. The molecule has 3 rings (SSSR count). The molecule has 1 aliphatic rings. The van der Waals surface area contributed by atoms with E-state index in [2.05, 4.69) is 4.74 Å². The number of nitro benzene ring substituents is 1. The summed E-state index contributed by atoms with van der Waals surface area (Å²) in [6, 6.07) is 9.99. The lowest BCUT2D eigenvalue weighted by Gasteiger charge is -2.18. The van der Waals surface area contributed by atoms with Gasteiger partial charge < -0.3 is 14.2 Å². The minimum atomic E-state index is -1.03. The van der Waals surface area contributed by atoms with Crippen molar-refractivity contribution in [3.8, 4) is 11.5 Å². The highest BCUT2D eigenvalue weighted by atomic mass is 32.2. The number of imide groups is 1. The molecule has 0 aromatic heterocycles. The average molecular weight is 472 g/mol. The SMILES string of the molecule is COC(=O)[C@H](C)N1C(=O)S/C(=C/c2ccc(OCc3cccc([N+](=O)[O-])c3)c(OC)c2)C1=O. The summed E-state index contributed by atoms with van der Waals surface area (Å²) in [7, 11) is 2.63. The Balaban J connectivity index is 1.77. The number of ether oxygens (including phenoxy) is 3. The fraction of sp³-hybridized carbons (Fsp3) is 0.227. The molecule has 33 heavy (non-hydrogen) atoms. The van der Waals surface area contributed by atoms with Crippen LogP contribution in [0.3, 0.4) is 0 Å². The van der Waals surface area contributed by atoms with E-state index in [-0.39, 0.29) is 17.2 Å². The second-order valence-electron chi connectivity index (χ2n) is 6.88. The average Bonchev–Trinajstić information content (AvgIpc) is 3.09. The van der Waals surface area contributed by atoms with Crippen molar-refractivity contribution in [1.82, 2.24) is 4.90 Å². The van der Waals surface area contributed by atoms with Gasteiger partial charge in [0.15, 0.2) is 11.5 Å². The van der Waals surface area contributed by atoms with Crippen LogP contribution in [0.1, 0.15) is 18.1 Å². The molecule has 1 fully saturated rings. The third-order valence-electron chi connectivity index (χ3n) is 4.75. The van der Waals surface area contributed by atoms with E-state index < -0.39 is 28.1 Å². The molecule has 0 radical (unpaired) electrons. The molecule has 172 valence electrons. The molecule has 1 aliphatic heterocycles. The van der Waals surface area contributed by atoms with Gasteiger partial charge in [-0.25, -0.2) is 4.79 Å². The number of non-ortho nitro benzene ring substituents is 1. The van der Waals surface area contributed by atoms with Gasteiger partial charge in [0.1, 0.15) is 12.6 Å². The predicted octanol–water partition coefficient (Wildman–Crippen LogP) is 3.78. The maximum Gasteiger partial charge on any atom is 0.328 e. The Morgan fingerprint density at radius 3 is 2.61 bits per heavy atom. The van der Waals surface area contributed by atoms with Crippen molar-refractivity contribution < 1.29 is 33.5 Å². The van der Waals surface area contributed by atoms with Gasteiger partial charge in [-0.2, -0.15) is 0 Å². The Bertz CT molecular complexity index is 1150. The van der Waals surface area contributed by atoms with Crippen LogP contribution in [0, 0.1) is 10.1 Å². The summed E-state index contributed by atoms with van der Waals surface area (Å²) in [6.45, 7) is 1.50. The third-order valence-corrected chi connectivity index (χ3v) is 5.64. The summed E-state index contributed by atoms with van der Waals surface area (Å²) in [5.41, 5.74) is 1.16. The van der Waals surface area contributed by atoms with Crippen molar-refractivity contribution in [3.63, 3.8) is 0 Å². The van der Waals surface area contributed by atoms with Crippen LogP contribution in [-0.2, 0) is 20.9 Å². The van der Waals surface area contributed by atoms with Crippen molar-refractivity contribution in [2.45, 2.75) is 19.6 Å².